The maximum absolute atomic E-state index is 11.4. The number of Topliss-reactive ketones (excluding diaryl/α,β-unsaturated/α-hetero) is 1. The van der Waals surface area contributed by atoms with Crippen molar-refractivity contribution in [2.75, 3.05) is 5.32 Å². The van der Waals surface area contributed by atoms with Crippen LogP contribution in [0.1, 0.15) is 25.0 Å². The van der Waals surface area contributed by atoms with Crippen molar-refractivity contribution in [1.82, 2.24) is 0 Å². The third kappa shape index (κ3) is 1.67. The quantitative estimate of drug-likeness (QED) is 0.757. The van der Waals surface area contributed by atoms with Crippen LogP contribution in [0.15, 0.2) is 23.8 Å². The molecular formula is C13H15NO. The Balaban J connectivity index is 2.55. The van der Waals surface area contributed by atoms with E-state index in [-0.39, 0.29) is 11.8 Å². The van der Waals surface area contributed by atoms with E-state index in [2.05, 4.69) is 18.3 Å². The van der Waals surface area contributed by atoms with E-state index in [1.165, 1.54) is 5.56 Å². The zero-order valence-electron chi connectivity index (χ0n) is 9.29. The van der Waals surface area contributed by atoms with Gasteiger partial charge >= 0.3 is 0 Å². The van der Waals surface area contributed by atoms with Gasteiger partial charge in [0.2, 0.25) is 0 Å². The first-order chi connectivity index (χ1) is 7.09. The molecule has 0 bridgehead atoms. The molecule has 0 amide bonds. The van der Waals surface area contributed by atoms with Gasteiger partial charge in [0.25, 0.3) is 0 Å². The summed E-state index contributed by atoms with van der Waals surface area (Å²) in [6.45, 7) is 5.71. The minimum Gasteiger partial charge on any atom is -0.378 e. The van der Waals surface area contributed by atoms with Gasteiger partial charge in [-0.3, -0.25) is 4.79 Å². The van der Waals surface area contributed by atoms with Gasteiger partial charge < -0.3 is 5.32 Å². The molecule has 1 atom stereocenters. The molecule has 0 aliphatic carbocycles. The number of aryl methyl sites for hydroxylation is 1. The molecular weight excluding hydrogens is 186 g/mol. The number of hydrogen-bond acceptors (Lipinski definition) is 2. The summed E-state index contributed by atoms with van der Waals surface area (Å²) < 4.78 is 0. The normalized spacial score (nSPS) is 18.9. The van der Waals surface area contributed by atoms with Crippen LogP contribution in [0.25, 0.3) is 6.08 Å². The fraction of sp³-hybridized carbons (Fsp3) is 0.308. The lowest BCUT2D eigenvalue weighted by molar-refractivity contribution is -0.113. The first-order valence-corrected chi connectivity index (χ1v) is 5.18. The molecule has 2 heteroatoms. The monoisotopic (exact) mass is 201 g/mol. The highest BCUT2D eigenvalue weighted by molar-refractivity contribution is 6.01. The van der Waals surface area contributed by atoms with Crippen molar-refractivity contribution in [2.24, 2.45) is 0 Å². The standard InChI is InChI=1S/C13H15NO/c1-8-5-4-6-11-7-12(10(3)15)9(2)14-13(8)11/h4-7,9,14H,1-3H3. The number of carbonyl (C=O) groups is 1. The molecule has 2 rings (SSSR count). The molecule has 1 aromatic rings. The van der Waals surface area contributed by atoms with Gasteiger partial charge in [-0.25, -0.2) is 0 Å². The predicted octanol–water partition coefficient (Wildman–Crippen LogP) is 2.78. The Morgan fingerprint density at radius 1 is 1.40 bits per heavy atom. The van der Waals surface area contributed by atoms with E-state index >= 15 is 0 Å². The zero-order valence-corrected chi connectivity index (χ0v) is 9.29. The van der Waals surface area contributed by atoms with Gasteiger partial charge in [0.15, 0.2) is 5.78 Å². The Kier molecular flexibility index (Phi) is 2.35. The van der Waals surface area contributed by atoms with Crippen molar-refractivity contribution in [3.8, 4) is 0 Å². The number of carbonyl (C=O) groups excluding carboxylic acids is 1. The molecule has 1 aliphatic rings. The first kappa shape index (κ1) is 9.97. The van der Waals surface area contributed by atoms with Crippen LogP contribution < -0.4 is 5.32 Å². The average Bonchev–Trinajstić information content (AvgIpc) is 2.18. The number of rotatable bonds is 1. The second kappa shape index (κ2) is 3.54. The van der Waals surface area contributed by atoms with Crippen LogP contribution in [0.3, 0.4) is 0 Å². The second-order valence-corrected chi connectivity index (χ2v) is 4.06. The molecule has 0 radical (unpaired) electrons. The van der Waals surface area contributed by atoms with Crippen LogP contribution in [0.5, 0.6) is 0 Å². The van der Waals surface area contributed by atoms with Crippen LogP contribution in [-0.2, 0) is 4.79 Å². The van der Waals surface area contributed by atoms with Gasteiger partial charge in [-0.2, -0.15) is 0 Å². The topological polar surface area (TPSA) is 29.1 Å². The third-order valence-corrected chi connectivity index (χ3v) is 2.85. The van der Waals surface area contributed by atoms with Crippen molar-refractivity contribution in [1.29, 1.82) is 0 Å². The predicted molar refractivity (Wildman–Crippen MR) is 62.9 cm³/mol. The minimum atomic E-state index is 0.107. The lowest BCUT2D eigenvalue weighted by Gasteiger charge is -2.25. The Morgan fingerprint density at radius 2 is 2.13 bits per heavy atom. The van der Waals surface area contributed by atoms with Gasteiger partial charge in [-0.05, 0) is 38.0 Å². The van der Waals surface area contributed by atoms with Crippen LogP contribution in [0.4, 0.5) is 5.69 Å². The molecule has 0 saturated carbocycles. The van der Waals surface area contributed by atoms with E-state index in [9.17, 15) is 4.79 Å². The highest BCUT2D eigenvalue weighted by Crippen LogP contribution is 2.29. The molecule has 1 heterocycles. The number of benzene rings is 1. The van der Waals surface area contributed by atoms with E-state index in [0.29, 0.717) is 0 Å². The van der Waals surface area contributed by atoms with Crippen LogP contribution in [-0.4, -0.2) is 11.8 Å². The molecule has 1 aliphatic heterocycles. The molecule has 2 nitrogen and oxygen atoms in total. The Morgan fingerprint density at radius 3 is 2.80 bits per heavy atom. The minimum absolute atomic E-state index is 0.107. The zero-order chi connectivity index (χ0) is 11.0. The summed E-state index contributed by atoms with van der Waals surface area (Å²) in [6.07, 6.45) is 1.99. The molecule has 0 saturated heterocycles. The molecule has 0 spiro atoms. The summed E-state index contributed by atoms with van der Waals surface area (Å²) in [5.74, 6) is 0.141. The summed E-state index contributed by atoms with van der Waals surface area (Å²) >= 11 is 0. The summed E-state index contributed by atoms with van der Waals surface area (Å²) in [6, 6.07) is 6.23. The lowest BCUT2D eigenvalue weighted by Crippen LogP contribution is -2.25. The maximum Gasteiger partial charge on any atom is 0.157 e. The molecule has 1 unspecified atom stereocenters. The van der Waals surface area contributed by atoms with Crippen molar-refractivity contribution in [3.63, 3.8) is 0 Å². The third-order valence-electron chi connectivity index (χ3n) is 2.85. The van der Waals surface area contributed by atoms with Crippen molar-refractivity contribution in [2.45, 2.75) is 26.8 Å². The number of para-hydroxylation sites is 1. The second-order valence-electron chi connectivity index (χ2n) is 4.06. The van der Waals surface area contributed by atoms with Crippen molar-refractivity contribution >= 4 is 17.5 Å². The summed E-state index contributed by atoms with van der Waals surface area (Å²) in [5.41, 5.74) is 4.33. The van der Waals surface area contributed by atoms with Crippen LogP contribution >= 0.6 is 0 Å². The smallest absolute Gasteiger partial charge is 0.157 e. The number of ketones is 1. The summed E-state index contributed by atoms with van der Waals surface area (Å²) in [7, 11) is 0. The highest BCUT2D eigenvalue weighted by atomic mass is 16.1. The molecule has 1 N–H and O–H groups in total. The first-order valence-electron chi connectivity index (χ1n) is 5.18. The largest absolute Gasteiger partial charge is 0.378 e. The van der Waals surface area contributed by atoms with E-state index in [1.807, 2.05) is 25.1 Å². The Hall–Kier alpha value is -1.57. The van der Waals surface area contributed by atoms with E-state index in [0.717, 1.165) is 16.8 Å². The van der Waals surface area contributed by atoms with E-state index in [4.69, 9.17) is 0 Å². The lowest BCUT2D eigenvalue weighted by atomic mass is 9.94. The molecule has 0 fully saturated rings. The van der Waals surface area contributed by atoms with Crippen molar-refractivity contribution < 1.29 is 4.79 Å². The summed E-state index contributed by atoms with van der Waals surface area (Å²) in [5, 5.41) is 3.37. The average molecular weight is 201 g/mol. The van der Waals surface area contributed by atoms with Gasteiger partial charge in [0.05, 0.1) is 6.04 Å². The number of hydrogen-bond donors (Lipinski definition) is 1. The number of fused-ring (bicyclic) bond motifs is 1. The fourth-order valence-electron chi connectivity index (χ4n) is 2.00. The van der Waals surface area contributed by atoms with Crippen molar-refractivity contribution in [3.05, 3.63) is 34.9 Å². The maximum atomic E-state index is 11.4. The van der Waals surface area contributed by atoms with Gasteiger partial charge in [-0.15, -0.1) is 0 Å². The molecule has 0 aromatic heterocycles. The van der Waals surface area contributed by atoms with Gasteiger partial charge in [0.1, 0.15) is 0 Å². The number of nitrogens with one attached hydrogen (secondary N) is 1. The molecule has 78 valence electrons. The Bertz CT molecular complexity index is 446. The fourth-order valence-corrected chi connectivity index (χ4v) is 2.00. The number of anilines is 1. The van der Waals surface area contributed by atoms with Crippen LogP contribution in [0.2, 0.25) is 0 Å². The van der Waals surface area contributed by atoms with Gasteiger partial charge in [0, 0.05) is 11.3 Å². The van der Waals surface area contributed by atoms with E-state index < -0.39 is 0 Å². The van der Waals surface area contributed by atoms with Gasteiger partial charge in [-0.1, -0.05) is 18.2 Å². The Labute approximate surface area is 90.0 Å². The highest BCUT2D eigenvalue weighted by Gasteiger charge is 2.20. The summed E-state index contributed by atoms with van der Waals surface area (Å²) in [4.78, 5) is 11.4. The molecule has 1 aromatic carbocycles. The molecule has 15 heavy (non-hydrogen) atoms. The van der Waals surface area contributed by atoms with E-state index in [1.54, 1.807) is 6.92 Å². The SMILES string of the molecule is CC(=O)C1=Cc2cccc(C)c2NC1C. The van der Waals surface area contributed by atoms with Crippen LogP contribution in [0, 0.1) is 6.92 Å².